The number of halogens is 11. The van der Waals surface area contributed by atoms with Gasteiger partial charge in [0.05, 0.1) is 14.2 Å². The van der Waals surface area contributed by atoms with Gasteiger partial charge in [-0.25, -0.2) is 13.2 Å². The predicted octanol–water partition coefficient (Wildman–Crippen LogP) is 3.65. The number of carbonyl (C=O) groups is 2. The Balaban J connectivity index is 6.31. The fourth-order valence-electron chi connectivity index (χ4n) is 1.78. The maximum absolute atomic E-state index is 13.9. The van der Waals surface area contributed by atoms with E-state index in [2.05, 4.69) is 13.1 Å². The minimum Gasteiger partial charge on any atom is -0.465 e. The Bertz CT molecular complexity index is 907. The summed E-state index contributed by atoms with van der Waals surface area (Å²) in [5.41, 5.74) is -0.972. The molecule has 20 heteroatoms. The van der Waals surface area contributed by atoms with Gasteiger partial charge in [-0.2, -0.15) is 56.7 Å². The molecule has 7 nitrogen and oxygen atoms in total. The molecule has 0 rings (SSSR count). The fraction of sp³-hybridized carbons (Fsp3) is 0.714. The average Bonchev–Trinajstić information content (AvgIpc) is 2.64. The van der Waals surface area contributed by atoms with Gasteiger partial charge in [0, 0.05) is 5.75 Å². The summed E-state index contributed by atoms with van der Waals surface area (Å²) in [6, 6.07) is 0. The van der Waals surface area contributed by atoms with Crippen LogP contribution in [0.15, 0.2) is 11.6 Å². The number of rotatable bonds is 10. The van der Waals surface area contributed by atoms with Gasteiger partial charge in [-0.1, -0.05) is 6.08 Å². The highest BCUT2D eigenvalue weighted by atomic mass is 32.3. The lowest BCUT2D eigenvalue weighted by molar-refractivity contribution is -0.413. The summed E-state index contributed by atoms with van der Waals surface area (Å²) >= 11 is 0. The van der Waals surface area contributed by atoms with Crippen molar-refractivity contribution in [2.45, 2.75) is 29.2 Å². The zero-order valence-corrected chi connectivity index (χ0v) is 18.7. The number of hydrogen-bond donors (Lipinski definition) is 0. The Labute approximate surface area is 185 Å². The van der Waals surface area contributed by atoms with E-state index < -0.39 is 72.9 Å². The zero-order chi connectivity index (χ0) is 27.8. The fourth-order valence-corrected chi connectivity index (χ4v) is 5.30. The van der Waals surface area contributed by atoms with E-state index in [1.807, 2.05) is 0 Å². The minimum atomic E-state index is -7.96. The summed E-state index contributed by atoms with van der Waals surface area (Å²) in [7, 11) is -9.55. The molecule has 0 amide bonds. The van der Waals surface area contributed by atoms with E-state index in [4.69, 9.17) is 0 Å². The van der Waals surface area contributed by atoms with E-state index in [0.29, 0.717) is 18.6 Å². The molecule has 0 heterocycles. The van der Waals surface area contributed by atoms with E-state index in [0.717, 1.165) is 14.2 Å². The summed E-state index contributed by atoms with van der Waals surface area (Å²) in [5, 5.41) is -7.32. The molecule has 0 radical (unpaired) electrons. The van der Waals surface area contributed by atoms with E-state index in [-0.39, 0.29) is 0 Å². The molecule has 0 aliphatic heterocycles. The molecule has 0 aliphatic carbocycles. The van der Waals surface area contributed by atoms with Crippen LogP contribution in [0, 0.1) is 0 Å². The van der Waals surface area contributed by atoms with Crippen molar-refractivity contribution in [3.05, 3.63) is 11.6 Å². The highest BCUT2D eigenvalue weighted by molar-refractivity contribution is 8.32. The average molecular weight is 568 g/mol. The molecule has 0 fully saturated rings. The van der Waals surface area contributed by atoms with Crippen molar-refractivity contribution in [3.63, 3.8) is 0 Å². The quantitative estimate of drug-likeness (QED) is 0.131. The first-order valence-electron chi connectivity index (χ1n) is 7.88. The second-order valence-electron chi connectivity index (χ2n) is 6.46. The van der Waals surface area contributed by atoms with Crippen molar-refractivity contribution in [1.29, 1.82) is 0 Å². The van der Waals surface area contributed by atoms with Gasteiger partial charge in [-0.05, 0) is 12.5 Å². The Morgan fingerprint density at radius 2 is 1.12 bits per heavy atom. The van der Waals surface area contributed by atoms with Crippen molar-refractivity contribution in [2.24, 2.45) is 0 Å². The van der Waals surface area contributed by atoms with Gasteiger partial charge in [0.25, 0.3) is 0 Å². The molecule has 0 aliphatic rings. The Morgan fingerprint density at radius 1 is 0.735 bits per heavy atom. The Hall–Kier alpha value is -1.83. The van der Waals surface area contributed by atoms with Gasteiger partial charge in [0.2, 0.25) is 0 Å². The van der Waals surface area contributed by atoms with Crippen LogP contribution in [0.4, 0.5) is 48.3 Å². The smallest absolute Gasteiger partial charge is 0.460 e. The molecule has 202 valence electrons. The van der Waals surface area contributed by atoms with E-state index in [1.165, 1.54) is 0 Å². The lowest BCUT2D eigenvalue weighted by atomic mass is 10.0. The van der Waals surface area contributed by atoms with Crippen LogP contribution in [0.3, 0.4) is 0 Å². The SMILES string of the molecule is COC(=O)C(=CCS(C)(C)OS(=O)(=O)C(F)(F)C(F)(F)C(F)(F)C(F)(F)C(F)(F)F)C(=O)OC. The molecule has 0 bridgehead atoms. The monoisotopic (exact) mass is 568 g/mol. The Morgan fingerprint density at radius 3 is 1.44 bits per heavy atom. The topological polar surface area (TPSA) is 96.0 Å². The van der Waals surface area contributed by atoms with Crippen LogP contribution >= 0.6 is 10.3 Å². The van der Waals surface area contributed by atoms with Crippen molar-refractivity contribution in [2.75, 3.05) is 32.5 Å². The summed E-state index contributed by atoms with van der Waals surface area (Å²) in [5.74, 6) is -27.4. The molecular weight excluding hydrogens is 553 g/mol. The lowest BCUT2D eigenvalue weighted by Gasteiger charge is -2.38. The number of esters is 2. The molecule has 0 aromatic carbocycles. The van der Waals surface area contributed by atoms with Crippen molar-refractivity contribution in [3.8, 4) is 0 Å². The molecule has 0 aromatic rings. The summed E-state index contributed by atoms with van der Waals surface area (Å²) < 4.78 is 179. The molecule has 0 saturated carbocycles. The van der Waals surface area contributed by atoms with Gasteiger partial charge in [-0.3, -0.25) is 0 Å². The molecule has 0 unspecified atom stereocenters. The van der Waals surface area contributed by atoms with Gasteiger partial charge < -0.3 is 9.47 Å². The standard InChI is InChI=1S/C14H15F11O7S2/c1-30-8(26)7(9(27)31-2)5-6-33(3,4)32-34(28,29)14(24,25)12(19,20)10(15,16)11(17,18)13(21,22)23/h5H,6H2,1-4H3. The van der Waals surface area contributed by atoms with E-state index in [1.54, 1.807) is 0 Å². The third kappa shape index (κ3) is 5.69. The van der Waals surface area contributed by atoms with Crippen molar-refractivity contribution < 1.29 is 79.4 Å². The van der Waals surface area contributed by atoms with Crippen LogP contribution < -0.4 is 0 Å². The molecule has 0 spiro atoms. The summed E-state index contributed by atoms with van der Waals surface area (Å²) in [4.78, 5) is 23.0. The summed E-state index contributed by atoms with van der Waals surface area (Å²) in [6.45, 7) is 0. The highest BCUT2D eigenvalue weighted by Gasteiger charge is 2.90. The second-order valence-corrected chi connectivity index (χ2v) is 11.6. The number of ether oxygens (including phenoxy) is 2. The third-order valence-corrected chi connectivity index (χ3v) is 7.64. The minimum absolute atomic E-state index is 0.477. The Kier molecular flexibility index (Phi) is 9.15. The first kappa shape index (κ1) is 32.2. The molecule has 0 aromatic heterocycles. The maximum atomic E-state index is 13.9. The van der Waals surface area contributed by atoms with Crippen LogP contribution in [-0.2, 0) is 32.8 Å². The van der Waals surface area contributed by atoms with Crippen LogP contribution in [0.25, 0.3) is 0 Å². The highest BCUT2D eigenvalue weighted by Crippen LogP contribution is 2.60. The predicted molar refractivity (Wildman–Crippen MR) is 92.3 cm³/mol. The summed E-state index contributed by atoms with van der Waals surface area (Å²) in [6.07, 6.45) is -5.83. The van der Waals surface area contributed by atoms with Crippen molar-refractivity contribution >= 4 is 32.4 Å². The van der Waals surface area contributed by atoms with Crippen LogP contribution in [-0.4, -0.2) is 82.0 Å². The lowest BCUT2D eigenvalue weighted by Crippen LogP contribution is -2.68. The molecule has 34 heavy (non-hydrogen) atoms. The molecular formula is C14H15F11O7S2. The largest absolute Gasteiger partial charge is 0.465 e. The van der Waals surface area contributed by atoms with Crippen molar-refractivity contribution in [1.82, 2.24) is 0 Å². The number of methoxy groups -OCH3 is 2. The number of hydrogen-bond acceptors (Lipinski definition) is 7. The second kappa shape index (κ2) is 9.67. The maximum Gasteiger partial charge on any atom is 0.460 e. The van der Waals surface area contributed by atoms with Gasteiger partial charge in [0.15, 0.2) is 0 Å². The van der Waals surface area contributed by atoms with E-state index >= 15 is 0 Å². The number of carbonyl (C=O) groups excluding carboxylic acids is 2. The first-order chi connectivity index (χ1) is 14.8. The van der Waals surface area contributed by atoms with Crippen LogP contribution in [0.2, 0.25) is 0 Å². The number of alkyl halides is 11. The van der Waals surface area contributed by atoms with Gasteiger partial charge >= 0.3 is 51.3 Å². The van der Waals surface area contributed by atoms with Crippen LogP contribution in [0.1, 0.15) is 0 Å². The van der Waals surface area contributed by atoms with Gasteiger partial charge in [-0.15, -0.1) is 10.3 Å². The normalized spacial score (nSPS) is 14.9. The van der Waals surface area contributed by atoms with E-state index in [9.17, 15) is 66.3 Å². The molecule has 0 saturated heterocycles. The molecule has 0 N–H and O–H groups in total. The molecule has 0 atom stereocenters. The van der Waals surface area contributed by atoms with Crippen LogP contribution in [0.5, 0.6) is 0 Å². The van der Waals surface area contributed by atoms with Gasteiger partial charge in [0.1, 0.15) is 5.57 Å². The zero-order valence-electron chi connectivity index (χ0n) is 17.1. The first-order valence-corrected chi connectivity index (χ1v) is 11.8. The third-order valence-electron chi connectivity index (χ3n) is 3.60.